The monoisotopic (exact) mass is 463 g/mol. The molecule has 0 spiro atoms. The molecule has 1 amide bonds. The lowest BCUT2D eigenvalue weighted by atomic mass is 10.2. The van der Waals surface area contributed by atoms with Gasteiger partial charge in [-0.3, -0.25) is 9.59 Å². The van der Waals surface area contributed by atoms with Crippen LogP contribution in [0.25, 0.3) is 0 Å². The smallest absolute Gasteiger partial charge is 0.270 e. The molecule has 2 aromatic carbocycles. The molecular formula is C20H18ClN3O4S2. The molecule has 30 heavy (non-hydrogen) atoms. The van der Waals surface area contributed by atoms with Crippen molar-refractivity contribution in [2.45, 2.75) is 28.8 Å². The number of amides is 1. The Morgan fingerprint density at radius 3 is 2.53 bits per heavy atom. The molecule has 0 bridgehead atoms. The van der Waals surface area contributed by atoms with E-state index in [1.54, 1.807) is 37.3 Å². The largest absolute Gasteiger partial charge is 0.325 e. The van der Waals surface area contributed by atoms with Gasteiger partial charge in [-0.1, -0.05) is 47.1 Å². The Morgan fingerprint density at radius 1 is 1.17 bits per heavy atom. The number of carbonyl (C=O) groups excluding carboxylic acids is 1. The van der Waals surface area contributed by atoms with Crippen LogP contribution in [-0.4, -0.2) is 30.0 Å². The number of thioether (sulfide) groups is 1. The SMILES string of the molecule is Cc1ccc(S(=O)(=O)c2cnc(SCC(=O)Nc3cccc(Cl)c3C)[nH]c2=O)cc1. The summed E-state index contributed by atoms with van der Waals surface area (Å²) in [4.78, 5) is 30.5. The van der Waals surface area contributed by atoms with E-state index in [1.807, 2.05) is 6.92 Å². The fourth-order valence-electron chi connectivity index (χ4n) is 2.54. The highest BCUT2D eigenvalue weighted by molar-refractivity contribution is 7.99. The summed E-state index contributed by atoms with van der Waals surface area (Å²) in [6.45, 7) is 3.62. The van der Waals surface area contributed by atoms with Crippen LogP contribution in [0.3, 0.4) is 0 Å². The molecule has 156 valence electrons. The highest BCUT2D eigenvalue weighted by Crippen LogP contribution is 2.23. The number of sulfone groups is 1. The van der Waals surface area contributed by atoms with Gasteiger partial charge < -0.3 is 10.3 Å². The average Bonchev–Trinajstić information content (AvgIpc) is 2.70. The van der Waals surface area contributed by atoms with E-state index < -0.39 is 20.3 Å². The molecule has 0 unspecified atom stereocenters. The van der Waals surface area contributed by atoms with E-state index in [4.69, 9.17) is 11.6 Å². The molecule has 0 fully saturated rings. The number of carbonyl (C=O) groups is 1. The quantitative estimate of drug-likeness (QED) is 0.427. The third kappa shape index (κ3) is 4.92. The summed E-state index contributed by atoms with van der Waals surface area (Å²) >= 11 is 7.02. The number of aromatic nitrogens is 2. The number of halogens is 1. The number of H-pyrrole nitrogens is 1. The molecule has 0 saturated heterocycles. The van der Waals surface area contributed by atoms with Gasteiger partial charge in [0.25, 0.3) is 5.56 Å². The fraction of sp³-hybridized carbons (Fsp3) is 0.150. The minimum Gasteiger partial charge on any atom is -0.325 e. The van der Waals surface area contributed by atoms with Crippen molar-refractivity contribution >= 4 is 44.8 Å². The van der Waals surface area contributed by atoms with Crippen molar-refractivity contribution < 1.29 is 13.2 Å². The van der Waals surface area contributed by atoms with Crippen LogP contribution in [0, 0.1) is 13.8 Å². The maximum absolute atomic E-state index is 12.7. The molecule has 7 nitrogen and oxygen atoms in total. The number of nitrogens with one attached hydrogen (secondary N) is 2. The van der Waals surface area contributed by atoms with Crippen molar-refractivity contribution in [3.05, 3.63) is 75.2 Å². The Labute approximate surface area is 182 Å². The first-order valence-corrected chi connectivity index (χ1v) is 11.6. The van der Waals surface area contributed by atoms with Gasteiger partial charge in [-0.05, 0) is 43.7 Å². The normalized spacial score (nSPS) is 11.3. The number of aryl methyl sites for hydroxylation is 1. The number of nitrogens with zero attached hydrogens (tertiary/aromatic N) is 1. The summed E-state index contributed by atoms with van der Waals surface area (Å²) in [6.07, 6.45) is 1.01. The van der Waals surface area contributed by atoms with Crippen molar-refractivity contribution in [2.75, 3.05) is 11.1 Å². The van der Waals surface area contributed by atoms with Crippen LogP contribution in [-0.2, 0) is 14.6 Å². The van der Waals surface area contributed by atoms with Crippen LogP contribution in [0.5, 0.6) is 0 Å². The molecule has 2 N–H and O–H groups in total. The van der Waals surface area contributed by atoms with Crippen LogP contribution >= 0.6 is 23.4 Å². The number of benzene rings is 2. The van der Waals surface area contributed by atoms with Gasteiger partial charge in [-0.15, -0.1) is 0 Å². The van der Waals surface area contributed by atoms with Crippen LogP contribution < -0.4 is 10.9 Å². The molecule has 1 heterocycles. The molecule has 1 aromatic heterocycles. The van der Waals surface area contributed by atoms with E-state index in [2.05, 4.69) is 15.3 Å². The van der Waals surface area contributed by atoms with Crippen molar-refractivity contribution in [3.63, 3.8) is 0 Å². The van der Waals surface area contributed by atoms with E-state index >= 15 is 0 Å². The number of anilines is 1. The van der Waals surface area contributed by atoms with Gasteiger partial charge in [-0.2, -0.15) is 0 Å². The predicted molar refractivity (Wildman–Crippen MR) is 117 cm³/mol. The van der Waals surface area contributed by atoms with Gasteiger partial charge in [0.1, 0.15) is 0 Å². The lowest BCUT2D eigenvalue weighted by Gasteiger charge is -2.09. The summed E-state index contributed by atoms with van der Waals surface area (Å²) in [5.41, 5.74) is 1.45. The fourth-order valence-corrected chi connectivity index (χ4v) is 4.58. The maximum atomic E-state index is 12.7. The van der Waals surface area contributed by atoms with E-state index in [0.29, 0.717) is 10.7 Å². The van der Waals surface area contributed by atoms with E-state index in [0.717, 1.165) is 29.1 Å². The zero-order chi connectivity index (χ0) is 21.9. The van der Waals surface area contributed by atoms with Crippen LogP contribution in [0.4, 0.5) is 5.69 Å². The topological polar surface area (TPSA) is 109 Å². The van der Waals surface area contributed by atoms with E-state index in [9.17, 15) is 18.0 Å². The third-order valence-corrected chi connectivity index (χ3v) is 7.31. The van der Waals surface area contributed by atoms with Crippen molar-refractivity contribution in [1.29, 1.82) is 0 Å². The standard InChI is InChI=1S/C20H18ClN3O4S2/c1-12-6-8-14(9-7-12)30(27,28)17-10-22-20(24-19(17)26)29-11-18(25)23-16-5-3-4-15(21)13(16)2/h3-10H,11H2,1-2H3,(H,23,25)(H,22,24,26). The van der Waals surface area contributed by atoms with Crippen LogP contribution in [0.2, 0.25) is 5.02 Å². The molecule has 0 aliphatic carbocycles. The van der Waals surface area contributed by atoms with Crippen molar-refractivity contribution in [3.8, 4) is 0 Å². The second-order valence-corrected chi connectivity index (χ2v) is 9.74. The molecule has 0 aliphatic heterocycles. The molecule has 3 aromatic rings. The van der Waals surface area contributed by atoms with Gasteiger partial charge in [-0.25, -0.2) is 13.4 Å². The minimum atomic E-state index is -3.99. The molecule has 0 aliphatic rings. The minimum absolute atomic E-state index is 0.0112. The summed E-state index contributed by atoms with van der Waals surface area (Å²) in [5.74, 6) is -0.344. The second kappa shape index (κ2) is 9.03. The molecule has 0 saturated carbocycles. The Bertz CT molecular complexity index is 1260. The first-order valence-electron chi connectivity index (χ1n) is 8.77. The lowest BCUT2D eigenvalue weighted by molar-refractivity contribution is -0.113. The Morgan fingerprint density at radius 2 is 1.87 bits per heavy atom. The average molecular weight is 464 g/mol. The zero-order valence-corrected chi connectivity index (χ0v) is 18.5. The summed E-state index contributed by atoms with van der Waals surface area (Å²) in [7, 11) is -3.99. The predicted octanol–water partition coefficient (Wildman–Crippen LogP) is 3.60. The van der Waals surface area contributed by atoms with Crippen molar-refractivity contribution in [1.82, 2.24) is 9.97 Å². The zero-order valence-electron chi connectivity index (χ0n) is 16.1. The molecule has 0 atom stereocenters. The molecular weight excluding hydrogens is 446 g/mol. The van der Waals surface area contributed by atoms with Crippen LogP contribution in [0.15, 0.2) is 68.4 Å². The first-order chi connectivity index (χ1) is 14.2. The van der Waals surface area contributed by atoms with Gasteiger partial charge in [0.15, 0.2) is 10.1 Å². The van der Waals surface area contributed by atoms with Crippen molar-refractivity contribution in [2.24, 2.45) is 0 Å². The van der Waals surface area contributed by atoms with E-state index in [1.165, 1.54) is 12.1 Å². The number of hydrogen-bond acceptors (Lipinski definition) is 6. The van der Waals surface area contributed by atoms with Gasteiger partial charge >= 0.3 is 0 Å². The Balaban J connectivity index is 1.71. The maximum Gasteiger partial charge on any atom is 0.270 e. The molecule has 3 rings (SSSR count). The summed E-state index contributed by atoms with van der Waals surface area (Å²) in [5, 5.41) is 3.42. The Kier molecular flexibility index (Phi) is 6.64. The molecule has 0 radical (unpaired) electrons. The van der Waals surface area contributed by atoms with Gasteiger partial charge in [0.05, 0.1) is 16.8 Å². The molecule has 10 heteroatoms. The first kappa shape index (κ1) is 22.1. The summed E-state index contributed by atoms with van der Waals surface area (Å²) < 4.78 is 25.3. The number of aromatic amines is 1. The highest BCUT2D eigenvalue weighted by atomic mass is 35.5. The second-order valence-electron chi connectivity index (χ2n) is 6.45. The highest BCUT2D eigenvalue weighted by Gasteiger charge is 2.22. The third-order valence-electron chi connectivity index (χ3n) is 4.25. The van der Waals surface area contributed by atoms with Crippen LogP contribution in [0.1, 0.15) is 11.1 Å². The van der Waals surface area contributed by atoms with E-state index in [-0.39, 0.29) is 21.7 Å². The number of hydrogen-bond donors (Lipinski definition) is 2. The summed E-state index contributed by atoms with van der Waals surface area (Å²) in [6, 6.07) is 11.4. The van der Waals surface area contributed by atoms with Gasteiger partial charge in [0, 0.05) is 10.7 Å². The van der Waals surface area contributed by atoms with Gasteiger partial charge in [0.2, 0.25) is 15.7 Å². The number of rotatable bonds is 6. The lowest BCUT2D eigenvalue weighted by Crippen LogP contribution is -2.20. The Hall–Kier alpha value is -2.62.